The van der Waals surface area contributed by atoms with E-state index in [4.69, 9.17) is 0 Å². The number of rotatable bonds is 2. The average molecular weight is 97.1 g/mol. The van der Waals surface area contributed by atoms with Crippen LogP contribution < -0.4 is 0 Å². The molecule has 0 radical (unpaired) electrons. The predicted octanol–water partition coefficient (Wildman–Crippen LogP) is 0.0348. The maximum absolute atomic E-state index is 9.52. The van der Waals surface area contributed by atoms with Crippen LogP contribution in [-0.2, 0) is 9.59 Å². The highest BCUT2D eigenvalue weighted by atomic mass is 16.1. The Labute approximate surface area is 40.4 Å². The number of carbonyl (C=O) groups is 1. The Balaban J connectivity index is 3.82. The quantitative estimate of drug-likeness (QED) is 0.211. The Kier molecular flexibility index (Phi) is 2.48. The van der Waals surface area contributed by atoms with Crippen molar-refractivity contribution in [1.29, 1.82) is 0 Å². The molecule has 0 atom stereocenters. The van der Waals surface area contributed by atoms with Gasteiger partial charge in [0.05, 0.1) is 0 Å². The Hall–Kier alpha value is -1.21. The molecule has 0 saturated carbocycles. The zero-order valence-corrected chi connectivity index (χ0v) is 3.55. The van der Waals surface area contributed by atoms with Crippen LogP contribution in [0.15, 0.2) is 17.3 Å². The number of hydrogen-bond donors (Lipinski definition) is 0. The van der Waals surface area contributed by atoms with E-state index >= 15 is 0 Å². The van der Waals surface area contributed by atoms with Gasteiger partial charge in [-0.05, 0) is 0 Å². The van der Waals surface area contributed by atoms with Crippen molar-refractivity contribution in [1.82, 2.24) is 0 Å². The first-order valence-electron chi connectivity index (χ1n) is 1.53. The Morgan fingerprint density at radius 2 is 2.43 bits per heavy atom. The lowest BCUT2D eigenvalue weighted by Crippen LogP contribution is -1.71. The Bertz CT molecular complexity index is 133. The topological polar surface area (TPSA) is 46.5 Å². The maximum Gasteiger partial charge on any atom is 0.240 e. The number of aldehydes is 1. The van der Waals surface area contributed by atoms with Crippen molar-refractivity contribution < 1.29 is 9.59 Å². The van der Waals surface area contributed by atoms with E-state index in [9.17, 15) is 9.59 Å². The molecule has 0 aromatic carbocycles. The fourth-order valence-corrected chi connectivity index (χ4v) is 0.0850. The summed E-state index contributed by atoms with van der Waals surface area (Å²) >= 11 is 0. The van der Waals surface area contributed by atoms with E-state index in [1.165, 1.54) is 0 Å². The summed E-state index contributed by atoms with van der Waals surface area (Å²) in [5.41, 5.74) is -0.102. The molecule has 0 aromatic heterocycles. The van der Waals surface area contributed by atoms with Gasteiger partial charge in [-0.2, -0.15) is 4.99 Å². The molecule has 0 aliphatic rings. The van der Waals surface area contributed by atoms with Gasteiger partial charge in [0.25, 0.3) is 0 Å². The van der Waals surface area contributed by atoms with E-state index in [0.29, 0.717) is 6.29 Å². The summed E-state index contributed by atoms with van der Waals surface area (Å²) in [5.74, 6) is 0. The molecule has 0 saturated heterocycles. The maximum atomic E-state index is 9.52. The number of allylic oxidation sites excluding steroid dienone is 1. The molecule has 0 heterocycles. The summed E-state index contributed by atoms with van der Waals surface area (Å²) in [6.45, 7) is 3.07. The number of carbonyl (C=O) groups excluding carboxylic acids is 2. The highest BCUT2D eigenvalue weighted by Crippen LogP contribution is 1.78. The van der Waals surface area contributed by atoms with Crippen molar-refractivity contribution in [2.24, 2.45) is 4.99 Å². The molecular formula is C4H3NO2. The molecule has 0 amide bonds. The molecule has 0 fully saturated rings. The van der Waals surface area contributed by atoms with Crippen molar-refractivity contribution in [2.45, 2.75) is 0 Å². The third kappa shape index (κ3) is 2.60. The van der Waals surface area contributed by atoms with Crippen molar-refractivity contribution in [3.63, 3.8) is 0 Å². The highest BCUT2D eigenvalue weighted by molar-refractivity contribution is 5.73. The second-order valence-electron chi connectivity index (χ2n) is 0.812. The van der Waals surface area contributed by atoms with Gasteiger partial charge < -0.3 is 0 Å². The normalized spacial score (nSPS) is 6.29. The van der Waals surface area contributed by atoms with Crippen LogP contribution in [0.3, 0.4) is 0 Å². The lowest BCUT2D eigenvalue weighted by atomic mass is 10.6. The largest absolute Gasteiger partial charge is 0.296 e. The van der Waals surface area contributed by atoms with Gasteiger partial charge in [0, 0.05) is 0 Å². The molecule has 0 aliphatic carbocycles. The van der Waals surface area contributed by atoms with Crippen LogP contribution in [0.5, 0.6) is 0 Å². The summed E-state index contributed by atoms with van der Waals surface area (Å²) in [4.78, 5) is 21.7. The van der Waals surface area contributed by atoms with Crippen molar-refractivity contribution in [3.8, 4) is 0 Å². The average Bonchev–Trinajstić information content (AvgIpc) is 1.68. The van der Waals surface area contributed by atoms with Gasteiger partial charge in [-0.1, -0.05) is 6.58 Å². The Morgan fingerprint density at radius 3 is 2.57 bits per heavy atom. The lowest BCUT2D eigenvalue weighted by Gasteiger charge is -1.69. The minimum absolute atomic E-state index is 0.102. The summed E-state index contributed by atoms with van der Waals surface area (Å²) < 4.78 is 0. The number of nitrogens with zero attached hydrogens (tertiary/aromatic N) is 1. The van der Waals surface area contributed by atoms with E-state index in [-0.39, 0.29) is 5.70 Å². The molecule has 36 valence electrons. The molecule has 3 heteroatoms. The number of hydrogen-bond acceptors (Lipinski definition) is 3. The number of isocyanates is 1. The van der Waals surface area contributed by atoms with Crippen LogP contribution >= 0.6 is 0 Å². The van der Waals surface area contributed by atoms with Gasteiger partial charge in [0.2, 0.25) is 6.08 Å². The second-order valence-corrected chi connectivity index (χ2v) is 0.812. The van der Waals surface area contributed by atoms with Gasteiger partial charge >= 0.3 is 0 Å². The van der Waals surface area contributed by atoms with Crippen LogP contribution in [-0.4, -0.2) is 12.4 Å². The summed E-state index contributed by atoms with van der Waals surface area (Å²) in [7, 11) is 0. The van der Waals surface area contributed by atoms with Gasteiger partial charge in [-0.25, -0.2) is 4.79 Å². The minimum atomic E-state index is -0.102. The molecule has 0 N–H and O–H groups in total. The zero-order chi connectivity index (χ0) is 5.70. The molecule has 0 rings (SSSR count). The highest BCUT2D eigenvalue weighted by Gasteiger charge is 1.77. The van der Waals surface area contributed by atoms with E-state index < -0.39 is 0 Å². The third-order valence-corrected chi connectivity index (χ3v) is 0.325. The van der Waals surface area contributed by atoms with Crippen LogP contribution in [0.2, 0.25) is 0 Å². The SMILES string of the molecule is C=C(C=O)N=C=O. The molecular weight excluding hydrogens is 94.0 g/mol. The summed E-state index contributed by atoms with van der Waals surface area (Å²) in [6, 6.07) is 0. The molecule has 7 heavy (non-hydrogen) atoms. The molecule has 0 aliphatic heterocycles. The van der Waals surface area contributed by atoms with Crippen molar-refractivity contribution >= 4 is 12.4 Å². The van der Waals surface area contributed by atoms with Gasteiger partial charge in [0.1, 0.15) is 5.70 Å². The minimum Gasteiger partial charge on any atom is -0.296 e. The van der Waals surface area contributed by atoms with E-state index in [1.807, 2.05) is 0 Å². The van der Waals surface area contributed by atoms with Crippen molar-refractivity contribution in [3.05, 3.63) is 12.3 Å². The predicted molar refractivity (Wildman–Crippen MR) is 23.3 cm³/mol. The lowest BCUT2D eigenvalue weighted by molar-refractivity contribution is -0.104. The van der Waals surface area contributed by atoms with Crippen LogP contribution in [0.1, 0.15) is 0 Å². The molecule has 0 spiro atoms. The van der Waals surface area contributed by atoms with E-state index in [0.717, 1.165) is 6.08 Å². The second kappa shape index (κ2) is 3.00. The van der Waals surface area contributed by atoms with E-state index in [1.54, 1.807) is 0 Å². The van der Waals surface area contributed by atoms with Gasteiger partial charge in [-0.15, -0.1) is 0 Å². The smallest absolute Gasteiger partial charge is 0.240 e. The summed E-state index contributed by atoms with van der Waals surface area (Å²) in [6.07, 6.45) is 1.54. The van der Waals surface area contributed by atoms with Crippen LogP contribution in [0, 0.1) is 0 Å². The standard InChI is InChI=1S/C4H3NO2/c1-4(2-6)5-3-7/h2H,1H2. The first-order valence-corrected chi connectivity index (χ1v) is 1.53. The van der Waals surface area contributed by atoms with E-state index in [2.05, 4.69) is 11.6 Å². The van der Waals surface area contributed by atoms with Crippen molar-refractivity contribution in [2.75, 3.05) is 0 Å². The van der Waals surface area contributed by atoms with Crippen LogP contribution in [0.4, 0.5) is 0 Å². The third-order valence-electron chi connectivity index (χ3n) is 0.325. The monoisotopic (exact) mass is 97.0 g/mol. The molecule has 3 nitrogen and oxygen atoms in total. The van der Waals surface area contributed by atoms with Crippen LogP contribution in [0.25, 0.3) is 0 Å². The molecule has 0 bridgehead atoms. The Morgan fingerprint density at radius 1 is 1.86 bits per heavy atom. The molecule has 0 aromatic rings. The molecule has 0 unspecified atom stereocenters. The number of aliphatic imine (C=N–C) groups is 1. The summed E-state index contributed by atoms with van der Waals surface area (Å²) in [5, 5.41) is 0. The first kappa shape index (κ1) is 5.79. The first-order chi connectivity index (χ1) is 3.31. The van der Waals surface area contributed by atoms with Gasteiger partial charge in [-0.3, -0.25) is 4.79 Å². The zero-order valence-electron chi connectivity index (χ0n) is 3.55. The fourth-order valence-electron chi connectivity index (χ4n) is 0.0850. The fraction of sp³-hybridized carbons (Fsp3) is 0. The van der Waals surface area contributed by atoms with Gasteiger partial charge in [0.15, 0.2) is 6.29 Å².